The number of aromatic nitrogens is 2. The van der Waals surface area contributed by atoms with E-state index in [0.717, 1.165) is 17.2 Å². The molecule has 3 N–H and O–H groups in total. The van der Waals surface area contributed by atoms with Crippen LogP contribution in [0.5, 0.6) is 0 Å². The predicted molar refractivity (Wildman–Crippen MR) is 42.1 cm³/mol. The van der Waals surface area contributed by atoms with Crippen LogP contribution in [0.3, 0.4) is 0 Å². The second-order valence-corrected chi connectivity index (χ2v) is 2.47. The Hall–Kier alpha value is -1.19. The number of hydrogen-bond acceptors (Lipinski definition) is 3. The SMILES string of the molecule is Cc1n[nH]c(N(C)C)c1N. The van der Waals surface area contributed by atoms with Crippen molar-refractivity contribution in [1.29, 1.82) is 0 Å². The van der Waals surface area contributed by atoms with Crippen molar-refractivity contribution in [2.24, 2.45) is 0 Å². The van der Waals surface area contributed by atoms with E-state index in [2.05, 4.69) is 10.2 Å². The smallest absolute Gasteiger partial charge is 0.147 e. The summed E-state index contributed by atoms with van der Waals surface area (Å²) in [7, 11) is 3.84. The molecule has 0 bridgehead atoms. The highest BCUT2D eigenvalue weighted by atomic mass is 15.3. The van der Waals surface area contributed by atoms with Crippen LogP contribution in [-0.2, 0) is 0 Å². The molecule has 0 aliphatic rings. The second-order valence-electron chi connectivity index (χ2n) is 2.47. The molecule has 0 atom stereocenters. The molecule has 4 heteroatoms. The van der Waals surface area contributed by atoms with E-state index in [0.29, 0.717) is 0 Å². The van der Waals surface area contributed by atoms with E-state index in [-0.39, 0.29) is 0 Å². The summed E-state index contributed by atoms with van der Waals surface area (Å²) in [5, 5.41) is 6.77. The van der Waals surface area contributed by atoms with Gasteiger partial charge in [-0.15, -0.1) is 0 Å². The molecule has 0 saturated carbocycles. The fourth-order valence-corrected chi connectivity index (χ4v) is 0.770. The summed E-state index contributed by atoms with van der Waals surface area (Å²) in [4.78, 5) is 1.90. The summed E-state index contributed by atoms with van der Waals surface area (Å²) < 4.78 is 0. The van der Waals surface area contributed by atoms with Crippen LogP contribution in [0.15, 0.2) is 0 Å². The van der Waals surface area contributed by atoms with E-state index in [1.165, 1.54) is 0 Å². The van der Waals surface area contributed by atoms with Gasteiger partial charge in [-0.25, -0.2) is 0 Å². The highest BCUT2D eigenvalue weighted by molar-refractivity contribution is 5.64. The fourth-order valence-electron chi connectivity index (χ4n) is 0.770. The molecule has 1 aromatic heterocycles. The second kappa shape index (κ2) is 2.21. The Morgan fingerprint density at radius 2 is 2.10 bits per heavy atom. The van der Waals surface area contributed by atoms with Crippen LogP contribution in [0.4, 0.5) is 11.5 Å². The van der Waals surface area contributed by atoms with Gasteiger partial charge in [-0.2, -0.15) is 5.10 Å². The average Bonchev–Trinajstić information content (AvgIpc) is 2.14. The third kappa shape index (κ3) is 0.920. The van der Waals surface area contributed by atoms with Crippen LogP contribution in [0.2, 0.25) is 0 Å². The molecular weight excluding hydrogens is 128 g/mol. The van der Waals surface area contributed by atoms with Gasteiger partial charge < -0.3 is 10.6 Å². The van der Waals surface area contributed by atoms with Gasteiger partial charge in [0.15, 0.2) is 0 Å². The minimum Gasteiger partial charge on any atom is -0.394 e. The molecule has 0 radical (unpaired) electrons. The zero-order valence-electron chi connectivity index (χ0n) is 6.47. The lowest BCUT2D eigenvalue weighted by atomic mass is 10.4. The van der Waals surface area contributed by atoms with Gasteiger partial charge in [0, 0.05) is 14.1 Å². The Labute approximate surface area is 60.0 Å². The van der Waals surface area contributed by atoms with E-state index < -0.39 is 0 Å². The number of aryl methyl sites for hydroxylation is 1. The van der Waals surface area contributed by atoms with Crippen molar-refractivity contribution in [2.45, 2.75) is 6.92 Å². The zero-order chi connectivity index (χ0) is 7.72. The Bertz CT molecular complexity index is 226. The van der Waals surface area contributed by atoms with Gasteiger partial charge in [0.25, 0.3) is 0 Å². The zero-order valence-corrected chi connectivity index (χ0v) is 6.47. The number of nitrogens with one attached hydrogen (secondary N) is 1. The summed E-state index contributed by atoms with van der Waals surface area (Å²) in [5.74, 6) is 0.873. The Morgan fingerprint density at radius 3 is 2.30 bits per heavy atom. The number of nitrogens with two attached hydrogens (primary N) is 1. The number of aromatic amines is 1. The normalized spacial score (nSPS) is 9.90. The summed E-state index contributed by atoms with van der Waals surface area (Å²) >= 11 is 0. The van der Waals surface area contributed by atoms with Crippen LogP contribution in [0.1, 0.15) is 5.69 Å². The maximum Gasteiger partial charge on any atom is 0.147 e. The van der Waals surface area contributed by atoms with Crippen molar-refractivity contribution in [3.63, 3.8) is 0 Å². The first-order chi connectivity index (χ1) is 4.63. The lowest BCUT2D eigenvalue weighted by Crippen LogP contribution is -2.10. The molecule has 1 rings (SSSR count). The topological polar surface area (TPSA) is 57.9 Å². The van der Waals surface area contributed by atoms with E-state index in [9.17, 15) is 0 Å². The van der Waals surface area contributed by atoms with Crippen molar-refractivity contribution in [1.82, 2.24) is 10.2 Å². The molecule has 0 spiro atoms. The largest absolute Gasteiger partial charge is 0.394 e. The van der Waals surface area contributed by atoms with Crippen LogP contribution < -0.4 is 10.6 Å². The van der Waals surface area contributed by atoms with Crippen LogP contribution in [0, 0.1) is 6.92 Å². The number of nitrogens with zero attached hydrogens (tertiary/aromatic N) is 2. The van der Waals surface area contributed by atoms with Gasteiger partial charge in [0.05, 0.1) is 11.4 Å². The van der Waals surface area contributed by atoms with E-state index in [4.69, 9.17) is 5.73 Å². The summed E-state index contributed by atoms with van der Waals surface area (Å²) in [5.41, 5.74) is 7.25. The number of H-pyrrole nitrogens is 1. The minimum absolute atomic E-state index is 0.727. The first-order valence-electron chi connectivity index (χ1n) is 3.10. The number of hydrogen-bond donors (Lipinski definition) is 2. The van der Waals surface area contributed by atoms with E-state index >= 15 is 0 Å². The van der Waals surface area contributed by atoms with Crippen LogP contribution in [0.25, 0.3) is 0 Å². The summed E-state index contributed by atoms with van der Waals surface area (Å²) in [6, 6.07) is 0. The van der Waals surface area contributed by atoms with Crippen molar-refractivity contribution >= 4 is 11.5 Å². The molecular formula is C6H12N4. The van der Waals surface area contributed by atoms with Crippen molar-refractivity contribution in [2.75, 3.05) is 24.7 Å². The van der Waals surface area contributed by atoms with Crippen molar-refractivity contribution < 1.29 is 0 Å². The fraction of sp³-hybridized carbons (Fsp3) is 0.500. The van der Waals surface area contributed by atoms with E-state index in [1.807, 2.05) is 25.9 Å². The van der Waals surface area contributed by atoms with Gasteiger partial charge in [0.2, 0.25) is 0 Å². The third-order valence-corrected chi connectivity index (χ3v) is 1.42. The monoisotopic (exact) mass is 140 g/mol. The molecule has 0 aliphatic carbocycles. The Balaban J connectivity index is 3.05. The first-order valence-corrected chi connectivity index (χ1v) is 3.10. The van der Waals surface area contributed by atoms with Crippen LogP contribution in [-0.4, -0.2) is 24.3 Å². The van der Waals surface area contributed by atoms with Gasteiger partial charge in [-0.05, 0) is 6.92 Å². The highest BCUT2D eigenvalue weighted by Crippen LogP contribution is 2.19. The lowest BCUT2D eigenvalue weighted by molar-refractivity contribution is 0.996. The molecule has 1 heterocycles. The molecule has 0 aliphatic heterocycles. The Morgan fingerprint density at radius 1 is 1.50 bits per heavy atom. The standard InChI is InChI=1S/C6H12N4/c1-4-5(7)6(9-8-4)10(2)3/h7H2,1-3H3,(H,8,9). The highest BCUT2D eigenvalue weighted by Gasteiger charge is 2.05. The van der Waals surface area contributed by atoms with Gasteiger partial charge >= 0.3 is 0 Å². The summed E-state index contributed by atoms with van der Waals surface area (Å²) in [6.07, 6.45) is 0. The van der Waals surface area contributed by atoms with Crippen molar-refractivity contribution in [3.05, 3.63) is 5.69 Å². The molecule has 56 valence electrons. The molecule has 0 aromatic carbocycles. The molecule has 0 amide bonds. The van der Waals surface area contributed by atoms with Crippen molar-refractivity contribution in [3.8, 4) is 0 Å². The van der Waals surface area contributed by atoms with E-state index in [1.54, 1.807) is 0 Å². The lowest BCUT2D eigenvalue weighted by Gasteiger charge is -2.08. The molecule has 0 saturated heterocycles. The van der Waals surface area contributed by atoms with Crippen LogP contribution >= 0.6 is 0 Å². The van der Waals surface area contributed by atoms with Gasteiger partial charge in [0.1, 0.15) is 5.82 Å². The maximum atomic E-state index is 5.67. The predicted octanol–water partition coefficient (Wildman–Crippen LogP) is 0.366. The molecule has 4 nitrogen and oxygen atoms in total. The third-order valence-electron chi connectivity index (χ3n) is 1.42. The molecule has 0 fully saturated rings. The molecule has 10 heavy (non-hydrogen) atoms. The molecule has 0 unspecified atom stereocenters. The minimum atomic E-state index is 0.727. The number of nitrogen functional groups attached to an aromatic ring is 1. The first kappa shape index (κ1) is 6.92. The Kier molecular flexibility index (Phi) is 1.53. The maximum absolute atomic E-state index is 5.67. The molecule has 1 aromatic rings. The number of anilines is 2. The van der Waals surface area contributed by atoms with Gasteiger partial charge in [-0.3, -0.25) is 5.10 Å². The van der Waals surface area contributed by atoms with Gasteiger partial charge in [-0.1, -0.05) is 0 Å². The quantitative estimate of drug-likeness (QED) is 0.592. The summed E-state index contributed by atoms with van der Waals surface area (Å²) in [6.45, 7) is 1.87. The average molecular weight is 140 g/mol. The number of rotatable bonds is 1.